The van der Waals surface area contributed by atoms with Crippen molar-refractivity contribution in [3.8, 4) is 17.1 Å². The first-order chi connectivity index (χ1) is 16.0. The quantitative estimate of drug-likeness (QED) is 0.267. The lowest BCUT2D eigenvalue weighted by atomic mass is 10.1. The van der Waals surface area contributed by atoms with Crippen LogP contribution in [-0.2, 0) is 4.79 Å². The summed E-state index contributed by atoms with van der Waals surface area (Å²) in [4.78, 5) is 22.6. The number of hydrogen-bond donors (Lipinski definition) is 1. The summed E-state index contributed by atoms with van der Waals surface area (Å²) in [6.45, 7) is 1.68. The molecule has 0 unspecified atom stereocenters. The van der Waals surface area contributed by atoms with Crippen LogP contribution in [0.5, 0.6) is 5.75 Å². The lowest BCUT2D eigenvalue weighted by molar-refractivity contribution is -0.384. The van der Waals surface area contributed by atoms with Gasteiger partial charge < -0.3 is 9.15 Å². The Balaban J connectivity index is 1.28. The van der Waals surface area contributed by atoms with Gasteiger partial charge in [0.15, 0.2) is 6.61 Å². The van der Waals surface area contributed by atoms with E-state index in [-0.39, 0.29) is 12.3 Å². The van der Waals surface area contributed by atoms with Crippen LogP contribution < -0.4 is 10.2 Å². The minimum absolute atomic E-state index is 0.0135. The predicted molar refractivity (Wildman–Crippen MR) is 131 cm³/mol. The molecule has 1 amide bonds. The maximum absolute atomic E-state index is 12.0. The molecular weight excluding hydrogens is 462 g/mol. The Hall–Kier alpha value is -3.24. The minimum Gasteiger partial charge on any atom is -0.484 e. The van der Waals surface area contributed by atoms with Gasteiger partial charge in [0, 0.05) is 29.2 Å². The molecule has 8 nitrogen and oxygen atoms in total. The Morgan fingerprint density at radius 2 is 1.97 bits per heavy atom. The monoisotopic (exact) mass is 483 g/mol. The first-order valence-electron chi connectivity index (χ1n) is 10.1. The number of rotatable bonds is 8. The average Bonchev–Trinajstić information content (AvgIpc) is 3.51. The van der Waals surface area contributed by atoms with Crippen molar-refractivity contribution in [2.45, 2.75) is 11.5 Å². The molecule has 1 aromatic heterocycles. The van der Waals surface area contributed by atoms with Crippen LogP contribution in [0.15, 0.2) is 64.1 Å². The molecule has 2 aromatic carbocycles. The molecule has 0 bridgehead atoms. The summed E-state index contributed by atoms with van der Waals surface area (Å²) in [5, 5.41) is 14.9. The molecule has 0 radical (unpaired) electrons. The summed E-state index contributed by atoms with van der Waals surface area (Å²) in [5.41, 5.74) is 5.10. The van der Waals surface area contributed by atoms with Crippen molar-refractivity contribution >= 4 is 41.3 Å². The highest BCUT2D eigenvalue weighted by Crippen LogP contribution is 2.45. The molecule has 0 spiro atoms. The standard InChI is InChI=1S/C23H21N3O5S2/c1-15-2-5-17(26(28)29)12-20(15)21-9-8-19(31-21)13-24-25-22(27)14-30-18-6-3-16(4-7-18)23-32-10-11-33-23/h2-9,12-13,23H,10-11,14H2,1H3,(H,25,27)/b24-13-. The number of amides is 1. The molecule has 0 saturated carbocycles. The van der Waals surface area contributed by atoms with E-state index in [0.717, 1.165) is 5.56 Å². The van der Waals surface area contributed by atoms with Crippen molar-refractivity contribution in [3.63, 3.8) is 0 Å². The number of carbonyl (C=O) groups is 1. The number of nitrogens with zero attached hydrogens (tertiary/aromatic N) is 2. The summed E-state index contributed by atoms with van der Waals surface area (Å²) < 4.78 is 11.7. The van der Waals surface area contributed by atoms with E-state index in [2.05, 4.69) is 10.5 Å². The smallest absolute Gasteiger partial charge is 0.277 e. The Morgan fingerprint density at radius 1 is 1.21 bits per heavy atom. The van der Waals surface area contributed by atoms with Crippen molar-refractivity contribution in [3.05, 3.63) is 81.6 Å². The van der Waals surface area contributed by atoms with Crippen LogP contribution in [0, 0.1) is 17.0 Å². The van der Waals surface area contributed by atoms with Crippen LogP contribution in [-0.4, -0.2) is 35.2 Å². The average molecular weight is 484 g/mol. The van der Waals surface area contributed by atoms with E-state index in [4.69, 9.17) is 9.15 Å². The highest BCUT2D eigenvalue weighted by molar-refractivity contribution is 8.19. The van der Waals surface area contributed by atoms with E-state index in [1.54, 1.807) is 18.2 Å². The first kappa shape index (κ1) is 22.9. The molecule has 1 N–H and O–H groups in total. The van der Waals surface area contributed by atoms with Crippen LogP contribution >= 0.6 is 23.5 Å². The van der Waals surface area contributed by atoms with Gasteiger partial charge in [-0.3, -0.25) is 14.9 Å². The molecule has 3 aromatic rings. The van der Waals surface area contributed by atoms with Crippen molar-refractivity contribution < 1.29 is 18.9 Å². The normalized spacial score (nSPS) is 14.0. The second-order valence-electron chi connectivity index (χ2n) is 7.18. The SMILES string of the molecule is Cc1ccc([N+](=O)[O-])cc1-c1ccc(/C=N\NC(=O)COc2ccc(C3SCCS3)cc2)o1. The van der Waals surface area contributed by atoms with Crippen molar-refractivity contribution in [2.24, 2.45) is 5.10 Å². The lowest BCUT2D eigenvalue weighted by Crippen LogP contribution is -2.24. The Morgan fingerprint density at radius 3 is 2.70 bits per heavy atom. The van der Waals surface area contributed by atoms with E-state index >= 15 is 0 Å². The van der Waals surface area contributed by atoms with Gasteiger partial charge in [0.25, 0.3) is 11.6 Å². The number of benzene rings is 2. The highest BCUT2D eigenvalue weighted by atomic mass is 32.2. The molecule has 170 valence electrons. The maximum atomic E-state index is 12.0. The molecule has 1 aliphatic heterocycles. The van der Waals surface area contributed by atoms with E-state index in [0.29, 0.717) is 27.4 Å². The second-order valence-corrected chi connectivity index (χ2v) is 9.91. The van der Waals surface area contributed by atoms with Gasteiger partial charge in [-0.1, -0.05) is 18.2 Å². The van der Waals surface area contributed by atoms with Crippen molar-refractivity contribution in [2.75, 3.05) is 18.1 Å². The Labute approximate surface area is 198 Å². The van der Waals surface area contributed by atoms with Gasteiger partial charge in [0.2, 0.25) is 0 Å². The van der Waals surface area contributed by atoms with Gasteiger partial charge in [-0.2, -0.15) is 5.10 Å². The van der Waals surface area contributed by atoms with Crippen LogP contribution in [0.2, 0.25) is 0 Å². The molecule has 0 atom stereocenters. The van der Waals surface area contributed by atoms with E-state index in [9.17, 15) is 14.9 Å². The highest BCUT2D eigenvalue weighted by Gasteiger charge is 2.18. The molecule has 1 saturated heterocycles. The van der Waals surface area contributed by atoms with Gasteiger partial charge in [0.05, 0.1) is 15.7 Å². The number of thioether (sulfide) groups is 2. The number of carbonyl (C=O) groups excluding carboxylic acids is 1. The molecule has 10 heteroatoms. The molecule has 1 fully saturated rings. The zero-order chi connectivity index (χ0) is 23.2. The lowest BCUT2D eigenvalue weighted by Gasteiger charge is -2.09. The van der Waals surface area contributed by atoms with Gasteiger partial charge in [0.1, 0.15) is 17.3 Å². The summed E-state index contributed by atoms with van der Waals surface area (Å²) in [5.74, 6) is 3.43. The number of ether oxygens (including phenoxy) is 1. The molecule has 2 heterocycles. The van der Waals surface area contributed by atoms with Crippen LogP contribution in [0.1, 0.15) is 21.5 Å². The maximum Gasteiger partial charge on any atom is 0.277 e. The zero-order valence-corrected chi connectivity index (χ0v) is 19.4. The Bertz CT molecular complexity index is 1170. The summed E-state index contributed by atoms with van der Waals surface area (Å²) in [6.07, 6.45) is 1.36. The topological polar surface area (TPSA) is 107 Å². The number of nitro groups is 1. The van der Waals surface area contributed by atoms with Crippen LogP contribution in [0.25, 0.3) is 11.3 Å². The fraction of sp³-hybridized carbons (Fsp3) is 0.217. The molecular formula is C23H21N3O5S2. The fourth-order valence-corrected chi connectivity index (χ4v) is 6.04. The first-order valence-corrected chi connectivity index (χ1v) is 12.2. The van der Waals surface area contributed by atoms with Crippen LogP contribution in [0.4, 0.5) is 5.69 Å². The van der Waals surface area contributed by atoms with Gasteiger partial charge in [-0.15, -0.1) is 23.5 Å². The molecule has 4 rings (SSSR count). The summed E-state index contributed by atoms with van der Waals surface area (Å²) in [7, 11) is 0. The van der Waals surface area contributed by atoms with E-state index in [1.165, 1.54) is 35.4 Å². The van der Waals surface area contributed by atoms with Crippen molar-refractivity contribution in [1.29, 1.82) is 0 Å². The second kappa shape index (κ2) is 10.6. The minimum atomic E-state index is -0.450. The Kier molecular flexibility index (Phi) is 7.36. The third kappa shape index (κ3) is 5.96. The third-order valence-electron chi connectivity index (χ3n) is 4.85. The van der Waals surface area contributed by atoms with Gasteiger partial charge >= 0.3 is 0 Å². The molecule has 0 aliphatic carbocycles. The summed E-state index contributed by atoms with van der Waals surface area (Å²) >= 11 is 3.87. The number of nitrogens with one attached hydrogen (secondary N) is 1. The number of furan rings is 1. The van der Waals surface area contributed by atoms with E-state index in [1.807, 2.05) is 54.7 Å². The predicted octanol–water partition coefficient (Wildman–Crippen LogP) is 5.17. The zero-order valence-electron chi connectivity index (χ0n) is 17.7. The number of aryl methyl sites for hydroxylation is 1. The fourth-order valence-electron chi connectivity index (χ4n) is 3.18. The third-order valence-corrected chi connectivity index (χ3v) is 7.95. The van der Waals surface area contributed by atoms with E-state index < -0.39 is 10.8 Å². The number of hydrogen-bond acceptors (Lipinski definition) is 8. The number of non-ortho nitro benzene ring substituents is 1. The summed E-state index contributed by atoms with van der Waals surface area (Å²) in [6, 6.07) is 15.7. The largest absolute Gasteiger partial charge is 0.484 e. The van der Waals surface area contributed by atoms with Crippen LogP contribution in [0.3, 0.4) is 0 Å². The molecule has 1 aliphatic rings. The van der Waals surface area contributed by atoms with Gasteiger partial charge in [-0.05, 0) is 42.3 Å². The number of nitro benzene ring substituents is 1. The van der Waals surface area contributed by atoms with Gasteiger partial charge in [-0.25, -0.2) is 5.43 Å². The number of hydrazone groups is 1. The van der Waals surface area contributed by atoms with Crippen molar-refractivity contribution in [1.82, 2.24) is 5.43 Å². The molecule has 33 heavy (non-hydrogen) atoms.